The molecule has 0 aliphatic rings. The minimum absolute atomic E-state index is 0.0136. The van der Waals surface area contributed by atoms with Gasteiger partial charge in [0.1, 0.15) is 5.75 Å². The van der Waals surface area contributed by atoms with E-state index in [1.165, 1.54) is 13.2 Å². The number of aryl methyl sites for hydroxylation is 1. The fraction of sp³-hybridized carbons (Fsp3) is 0.250. The minimum atomic E-state index is -0.432. The Morgan fingerprint density at radius 2 is 1.61 bits per heavy atom. The van der Waals surface area contributed by atoms with Crippen molar-refractivity contribution in [3.05, 3.63) is 46.0 Å². The van der Waals surface area contributed by atoms with E-state index in [4.69, 9.17) is 14.2 Å². The van der Waals surface area contributed by atoms with E-state index in [2.05, 4.69) is 5.32 Å². The molecule has 0 aliphatic carbocycles. The number of nitro benzene ring substituents is 1. The van der Waals surface area contributed by atoms with Crippen LogP contribution in [0.5, 0.6) is 17.2 Å². The summed E-state index contributed by atoms with van der Waals surface area (Å²) < 4.78 is 15.7. The Bertz CT molecular complexity index is 731. The van der Waals surface area contributed by atoms with Crippen LogP contribution >= 0.6 is 0 Å². The molecule has 0 spiro atoms. The van der Waals surface area contributed by atoms with Gasteiger partial charge in [0.05, 0.1) is 38.0 Å². The maximum Gasteiger partial charge on any atom is 0.276 e. The first-order valence-corrected chi connectivity index (χ1v) is 6.82. The third-order valence-corrected chi connectivity index (χ3v) is 3.38. The van der Waals surface area contributed by atoms with Gasteiger partial charge >= 0.3 is 0 Å². The molecule has 2 aromatic carbocycles. The molecule has 122 valence electrons. The van der Waals surface area contributed by atoms with Crippen molar-refractivity contribution in [2.75, 3.05) is 26.6 Å². The lowest BCUT2D eigenvalue weighted by atomic mass is 10.1. The molecule has 0 saturated heterocycles. The van der Waals surface area contributed by atoms with Crippen LogP contribution in [0.4, 0.5) is 17.1 Å². The quantitative estimate of drug-likeness (QED) is 0.646. The summed E-state index contributed by atoms with van der Waals surface area (Å²) in [6.45, 7) is 1.68. The largest absolute Gasteiger partial charge is 0.494 e. The van der Waals surface area contributed by atoms with Gasteiger partial charge in [-0.1, -0.05) is 0 Å². The van der Waals surface area contributed by atoms with Crippen molar-refractivity contribution in [1.82, 2.24) is 0 Å². The van der Waals surface area contributed by atoms with Crippen molar-refractivity contribution in [1.29, 1.82) is 0 Å². The van der Waals surface area contributed by atoms with Crippen LogP contribution in [0.3, 0.4) is 0 Å². The first-order valence-electron chi connectivity index (χ1n) is 6.82. The molecule has 0 radical (unpaired) electrons. The van der Waals surface area contributed by atoms with Crippen molar-refractivity contribution in [2.45, 2.75) is 6.92 Å². The number of hydrogen-bond donors (Lipinski definition) is 1. The first-order chi connectivity index (χ1) is 11.0. The van der Waals surface area contributed by atoms with E-state index in [1.807, 2.05) is 6.07 Å². The van der Waals surface area contributed by atoms with Gasteiger partial charge in [-0.15, -0.1) is 0 Å². The molecule has 0 atom stereocenters. The molecule has 0 unspecified atom stereocenters. The summed E-state index contributed by atoms with van der Waals surface area (Å²) in [4.78, 5) is 10.6. The number of methoxy groups -OCH3 is 3. The van der Waals surface area contributed by atoms with Gasteiger partial charge in [-0.2, -0.15) is 0 Å². The maximum absolute atomic E-state index is 11.0. The van der Waals surface area contributed by atoms with E-state index >= 15 is 0 Å². The van der Waals surface area contributed by atoms with E-state index < -0.39 is 4.92 Å². The molecule has 0 amide bonds. The summed E-state index contributed by atoms with van der Waals surface area (Å²) in [6.07, 6.45) is 0. The number of nitro groups is 1. The van der Waals surface area contributed by atoms with E-state index in [-0.39, 0.29) is 5.69 Å². The van der Waals surface area contributed by atoms with Crippen molar-refractivity contribution < 1.29 is 19.1 Å². The normalized spacial score (nSPS) is 10.1. The van der Waals surface area contributed by atoms with Crippen molar-refractivity contribution in [3.8, 4) is 17.2 Å². The number of anilines is 2. The zero-order chi connectivity index (χ0) is 17.0. The van der Waals surface area contributed by atoms with Crippen LogP contribution in [-0.2, 0) is 0 Å². The van der Waals surface area contributed by atoms with E-state index in [0.29, 0.717) is 28.5 Å². The highest BCUT2D eigenvalue weighted by atomic mass is 16.6. The zero-order valence-electron chi connectivity index (χ0n) is 13.4. The fourth-order valence-corrected chi connectivity index (χ4v) is 2.21. The van der Waals surface area contributed by atoms with Crippen molar-refractivity contribution in [2.24, 2.45) is 0 Å². The molecule has 2 aromatic rings. The summed E-state index contributed by atoms with van der Waals surface area (Å²) in [7, 11) is 4.58. The van der Waals surface area contributed by atoms with Crippen LogP contribution in [0, 0.1) is 17.0 Å². The highest BCUT2D eigenvalue weighted by Crippen LogP contribution is 2.36. The van der Waals surface area contributed by atoms with Crippen LogP contribution in [0.1, 0.15) is 5.56 Å². The number of rotatable bonds is 6. The predicted octanol–water partition coefficient (Wildman–Crippen LogP) is 3.67. The summed E-state index contributed by atoms with van der Waals surface area (Å²) in [6, 6.07) is 8.44. The van der Waals surface area contributed by atoms with Gasteiger partial charge in [0.25, 0.3) is 5.69 Å². The Balaban J connectivity index is 2.40. The first kappa shape index (κ1) is 16.4. The SMILES string of the molecule is COc1cc([N+](=O)[O-])c(C)cc1Nc1ccc(OC)c(OC)c1. The fourth-order valence-electron chi connectivity index (χ4n) is 2.21. The second-order valence-corrected chi connectivity index (χ2v) is 4.79. The number of nitrogens with zero attached hydrogens (tertiary/aromatic N) is 1. The molecule has 0 heterocycles. The Hall–Kier alpha value is -2.96. The second kappa shape index (κ2) is 6.87. The molecule has 7 heteroatoms. The van der Waals surface area contributed by atoms with Crippen LogP contribution in [0.25, 0.3) is 0 Å². The van der Waals surface area contributed by atoms with Crippen molar-refractivity contribution >= 4 is 17.1 Å². The highest BCUT2D eigenvalue weighted by molar-refractivity contribution is 5.71. The third kappa shape index (κ3) is 3.45. The minimum Gasteiger partial charge on any atom is -0.494 e. The predicted molar refractivity (Wildman–Crippen MR) is 87.2 cm³/mol. The molecule has 0 saturated carbocycles. The smallest absolute Gasteiger partial charge is 0.276 e. The molecule has 7 nitrogen and oxygen atoms in total. The lowest BCUT2D eigenvalue weighted by Crippen LogP contribution is -1.99. The summed E-state index contributed by atoms with van der Waals surface area (Å²) in [5, 5.41) is 14.2. The molecule has 1 N–H and O–H groups in total. The van der Waals surface area contributed by atoms with Crippen LogP contribution in [-0.4, -0.2) is 26.3 Å². The lowest BCUT2D eigenvalue weighted by molar-refractivity contribution is -0.385. The molecule has 0 fully saturated rings. The van der Waals surface area contributed by atoms with E-state index in [1.54, 1.807) is 39.3 Å². The second-order valence-electron chi connectivity index (χ2n) is 4.79. The maximum atomic E-state index is 11.0. The molecular weight excluding hydrogens is 300 g/mol. The molecule has 0 aromatic heterocycles. The topological polar surface area (TPSA) is 82.9 Å². The average molecular weight is 318 g/mol. The molecule has 0 aliphatic heterocycles. The Kier molecular flexibility index (Phi) is 4.90. The molecular formula is C16H18N2O5. The summed E-state index contributed by atoms with van der Waals surface area (Å²) in [5.41, 5.74) is 1.93. The van der Waals surface area contributed by atoms with Crippen LogP contribution in [0.15, 0.2) is 30.3 Å². The molecule has 0 bridgehead atoms. The van der Waals surface area contributed by atoms with Gasteiger partial charge in [0.2, 0.25) is 0 Å². The monoisotopic (exact) mass is 318 g/mol. The summed E-state index contributed by atoms with van der Waals surface area (Å²) >= 11 is 0. The standard InChI is InChI=1S/C16H18N2O5/c1-10-7-12(15(22-3)9-13(10)18(19)20)17-11-5-6-14(21-2)16(8-11)23-4/h5-9,17H,1-4H3. The number of hydrogen-bond acceptors (Lipinski definition) is 6. The Morgan fingerprint density at radius 3 is 2.17 bits per heavy atom. The summed E-state index contributed by atoms with van der Waals surface area (Å²) in [5.74, 6) is 1.58. The Morgan fingerprint density at radius 1 is 0.957 bits per heavy atom. The van der Waals surface area contributed by atoms with Crippen LogP contribution in [0.2, 0.25) is 0 Å². The Labute approximate surface area is 133 Å². The van der Waals surface area contributed by atoms with Gasteiger partial charge in [0.15, 0.2) is 11.5 Å². The van der Waals surface area contributed by atoms with Gasteiger partial charge in [-0.05, 0) is 25.1 Å². The average Bonchev–Trinajstić information content (AvgIpc) is 2.54. The third-order valence-electron chi connectivity index (χ3n) is 3.38. The molecule has 2 rings (SSSR count). The van der Waals surface area contributed by atoms with Gasteiger partial charge in [-0.25, -0.2) is 0 Å². The number of benzene rings is 2. The van der Waals surface area contributed by atoms with E-state index in [9.17, 15) is 10.1 Å². The van der Waals surface area contributed by atoms with Gasteiger partial charge < -0.3 is 19.5 Å². The lowest BCUT2D eigenvalue weighted by Gasteiger charge is -2.14. The number of nitrogens with one attached hydrogen (secondary N) is 1. The van der Waals surface area contributed by atoms with Crippen LogP contribution < -0.4 is 19.5 Å². The highest BCUT2D eigenvalue weighted by Gasteiger charge is 2.16. The van der Waals surface area contributed by atoms with E-state index in [0.717, 1.165) is 5.69 Å². The van der Waals surface area contributed by atoms with Gasteiger partial charge in [0, 0.05) is 17.3 Å². The van der Waals surface area contributed by atoms with Crippen molar-refractivity contribution in [3.63, 3.8) is 0 Å². The zero-order valence-corrected chi connectivity index (χ0v) is 13.4. The molecule has 23 heavy (non-hydrogen) atoms. The van der Waals surface area contributed by atoms with Gasteiger partial charge in [-0.3, -0.25) is 10.1 Å². The number of ether oxygens (including phenoxy) is 3.